The lowest BCUT2D eigenvalue weighted by atomic mass is 10.1. The number of ether oxygens (including phenoxy) is 1. The van der Waals surface area contributed by atoms with E-state index in [2.05, 4.69) is 21.9 Å². The van der Waals surface area contributed by atoms with E-state index in [0.29, 0.717) is 12.6 Å². The van der Waals surface area contributed by atoms with E-state index in [1.807, 2.05) is 0 Å². The highest BCUT2D eigenvalue weighted by molar-refractivity contribution is 5.71. The molecule has 0 spiro atoms. The number of likely N-dealkylation sites (N-methyl/N-ethyl adjacent to an activating group) is 1. The molecule has 0 amide bonds. The summed E-state index contributed by atoms with van der Waals surface area (Å²) >= 11 is 0. The molecule has 1 aliphatic rings. The second kappa shape index (κ2) is 5.98. The molecular weight excluding hydrogens is 180 g/mol. The molecule has 1 aliphatic heterocycles. The fourth-order valence-corrected chi connectivity index (χ4v) is 1.87. The fraction of sp³-hybridized carbons (Fsp3) is 0.900. The van der Waals surface area contributed by atoms with Crippen LogP contribution in [-0.2, 0) is 9.53 Å². The van der Waals surface area contributed by atoms with E-state index in [1.165, 1.54) is 20.0 Å². The molecule has 1 saturated heterocycles. The smallest absolute Gasteiger partial charge is 0.319 e. The van der Waals surface area contributed by atoms with Crippen LogP contribution in [0.1, 0.15) is 19.8 Å². The number of piperidine rings is 1. The zero-order valence-electron chi connectivity index (χ0n) is 9.08. The van der Waals surface area contributed by atoms with Crippen molar-refractivity contribution in [2.45, 2.75) is 25.8 Å². The standard InChI is InChI=1S/C10H20N2O2/c1-3-12(8-10(13)14-2)9-5-4-6-11-7-9/h9,11H,3-8H2,1-2H3. The number of rotatable bonds is 4. The molecule has 0 aliphatic carbocycles. The minimum absolute atomic E-state index is 0.141. The maximum atomic E-state index is 11.1. The van der Waals surface area contributed by atoms with Crippen molar-refractivity contribution in [3.63, 3.8) is 0 Å². The third-order valence-corrected chi connectivity index (χ3v) is 2.75. The number of carbonyl (C=O) groups excluding carboxylic acids is 1. The highest BCUT2D eigenvalue weighted by atomic mass is 16.5. The van der Waals surface area contributed by atoms with Crippen molar-refractivity contribution in [3.05, 3.63) is 0 Å². The van der Waals surface area contributed by atoms with Crippen LogP contribution >= 0.6 is 0 Å². The molecule has 1 unspecified atom stereocenters. The predicted octanol–water partition coefficient (Wildman–Crippen LogP) is 0.233. The Hall–Kier alpha value is -0.610. The Morgan fingerprint density at radius 1 is 1.64 bits per heavy atom. The summed E-state index contributed by atoms with van der Waals surface area (Å²) < 4.78 is 4.67. The molecule has 1 atom stereocenters. The van der Waals surface area contributed by atoms with E-state index < -0.39 is 0 Å². The summed E-state index contributed by atoms with van der Waals surface area (Å²) in [5, 5.41) is 3.35. The molecule has 4 nitrogen and oxygen atoms in total. The predicted molar refractivity (Wildman–Crippen MR) is 55.2 cm³/mol. The van der Waals surface area contributed by atoms with Gasteiger partial charge in [-0.15, -0.1) is 0 Å². The Kier molecular flexibility index (Phi) is 4.90. The van der Waals surface area contributed by atoms with Crippen LogP contribution in [0, 0.1) is 0 Å². The first-order chi connectivity index (χ1) is 6.77. The van der Waals surface area contributed by atoms with Crippen molar-refractivity contribution in [1.29, 1.82) is 0 Å². The van der Waals surface area contributed by atoms with Gasteiger partial charge in [-0.05, 0) is 25.9 Å². The number of hydrogen-bond acceptors (Lipinski definition) is 4. The Labute approximate surface area is 85.6 Å². The number of carbonyl (C=O) groups is 1. The molecule has 14 heavy (non-hydrogen) atoms. The maximum Gasteiger partial charge on any atom is 0.319 e. The van der Waals surface area contributed by atoms with Crippen molar-refractivity contribution in [2.24, 2.45) is 0 Å². The minimum atomic E-state index is -0.141. The zero-order chi connectivity index (χ0) is 10.4. The Balaban J connectivity index is 2.39. The summed E-state index contributed by atoms with van der Waals surface area (Å²) in [4.78, 5) is 13.3. The highest BCUT2D eigenvalue weighted by Crippen LogP contribution is 2.09. The summed E-state index contributed by atoms with van der Waals surface area (Å²) in [7, 11) is 1.44. The first kappa shape index (κ1) is 11.5. The molecule has 0 radical (unpaired) electrons. The molecule has 1 rings (SSSR count). The largest absolute Gasteiger partial charge is 0.468 e. The molecule has 1 fully saturated rings. The summed E-state index contributed by atoms with van der Waals surface area (Å²) in [5.74, 6) is -0.141. The van der Waals surface area contributed by atoms with E-state index in [-0.39, 0.29) is 5.97 Å². The summed E-state index contributed by atoms with van der Waals surface area (Å²) in [6, 6.07) is 0.493. The van der Waals surface area contributed by atoms with Crippen molar-refractivity contribution < 1.29 is 9.53 Å². The van der Waals surface area contributed by atoms with Crippen molar-refractivity contribution >= 4 is 5.97 Å². The zero-order valence-corrected chi connectivity index (χ0v) is 9.08. The molecule has 4 heteroatoms. The van der Waals surface area contributed by atoms with Gasteiger partial charge in [0, 0.05) is 12.6 Å². The average molecular weight is 200 g/mol. The quantitative estimate of drug-likeness (QED) is 0.660. The van der Waals surface area contributed by atoms with E-state index in [0.717, 1.165) is 19.6 Å². The van der Waals surface area contributed by atoms with Gasteiger partial charge < -0.3 is 10.1 Å². The van der Waals surface area contributed by atoms with Crippen LogP contribution in [0.2, 0.25) is 0 Å². The van der Waals surface area contributed by atoms with Crippen LogP contribution in [0.3, 0.4) is 0 Å². The molecule has 1 N–H and O–H groups in total. The molecule has 82 valence electrons. The van der Waals surface area contributed by atoms with Crippen LogP contribution in [-0.4, -0.2) is 50.2 Å². The second-order valence-corrected chi connectivity index (χ2v) is 3.64. The Morgan fingerprint density at radius 3 is 2.93 bits per heavy atom. The lowest BCUT2D eigenvalue weighted by Gasteiger charge is -2.32. The molecule has 0 aromatic rings. The maximum absolute atomic E-state index is 11.1. The van der Waals surface area contributed by atoms with E-state index in [1.54, 1.807) is 0 Å². The van der Waals surface area contributed by atoms with Gasteiger partial charge in [-0.2, -0.15) is 0 Å². The van der Waals surface area contributed by atoms with Crippen LogP contribution < -0.4 is 5.32 Å². The third-order valence-electron chi connectivity index (χ3n) is 2.75. The topological polar surface area (TPSA) is 41.6 Å². The van der Waals surface area contributed by atoms with Gasteiger partial charge in [0.2, 0.25) is 0 Å². The Morgan fingerprint density at radius 2 is 2.43 bits per heavy atom. The lowest BCUT2D eigenvalue weighted by molar-refractivity contribution is -0.142. The summed E-state index contributed by atoms with van der Waals surface area (Å²) in [5.41, 5.74) is 0. The number of methoxy groups -OCH3 is 1. The number of hydrogen-bond donors (Lipinski definition) is 1. The van der Waals surface area contributed by atoms with Crippen molar-refractivity contribution in [2.75, 3.05) is 33.3 Å². The van der Waals surface area contributed by atoms with Gasteiger partial charge in [-0.3, -0.25) is 9.69 Å². The first-order valence-corrected chi connectivity index (χ1v) is 5.29. The van der Waals surface area contributed by atoms with Gasteiger partial charge >= 0.3 is 5.97 Å². The van der Waals surface area contributed by atoms with Gasteiger partial charge in [0.05, 0.1) is 13.7 Å². The SMILES string of the molecule is CCN(CC(=O)OC)C1CCCNC1. The van der Waals surface area contributed by atoms with Crippen LogP contribution in [0.15, 0.2) is 0 Å². The highest BCUT2D eigenvalue weighted by Gasteiger charge is 2.21. The van der Waals surface area contributed by atoms with Crippen molar-refractivity contribution in [3.8, 4) is 0 Å². The van der Waals surface area contributed by atoms with Crippen LogP contribution in [0.4, 0.5) is 0 Å². The fourth-order valence-electron chi connectivity index (χ4n) is 1.87. The van der Waals surface area contributed by atoms with Gasteiger partial charge in [-0.1, -0.05) is 6.92 Å². The van der Waals surface area contributed by atoms with Gasteiger partial charge in [0.1, 0.15) is 0 Å². The number of nitrogens with one attached hydrogen (secondary N) is 1. The molecular formula is C10H20N2O2. The monoisotopic (exact) mass is 200 g/mol. The lowest BCUT2D eigenvalue weighted by Crippen LogP contribution is -2.47. The molecule has 1 heterocycles. The van der Waals surface area contributed by atoms with Crippen molar-refractivity contribution in [1.82, 2.24) is 10.2 Å². The van der Waals surface area contributed by atoms with Crippen LogP contribution in [0.5, 0.6) is 0 Å². The Bertz CT molecular complexity index is 179. The van der Waals surface area contributed by atoms with Gasteiger partial charge in [0.15, 0.2) is 0 Å². The van der Waals surface area contributed by atoms with Gasteiger partial charge in [-0.25, -0.2) is 0 Å². The minimum Gasteiger partial charge on any atom is -0.468 e. The van der Waals surface area contributed by atoms with Gasteiger partial charge in [0.25, 0.3) is 0 Å². The average Bonchev–Trinajstić information content (AvgIpc) is 2.26. The summed E-state index contributed by atoms with van der Waals surface area (Å²) in [6.07, 6.45) is 2.38. The molecule has 0 aromatic carbocycles. The molecule has 0 aromatic heterocycles. The number of nitrogens with zero attached hydrogens (tertiary/aromatic N) is 1. The molecule has 0 saturated carbocycles. The van der Waals surface area contributed by atoms with Crippen LogP contribution in [0.25, 0.3) is 0 Å². The van der Waals surface area contributed by atoms with E-state index >= 15 is 0 Å². The summed E-state index contributed by atoms with van der Waals surface area (Å²) in [6.45, 7) is 5.50. The molecule has 0 bridgehead atoms. The first-order valence-electron chi connectivity index (χ1n) is 5.29. The van der Waals surface area contributed by atoms with E-state index in [9.17, 15) is 4.79 Å². The third kappa shape index (κ3) is 3.27. The second-order valence-electron chi connectivity index (χ2n) is 3.64. The number of esters is 1. The normalized spacial score (nSPS) is 22.4. The van der Waals surface area contributed by atoms with E-state index in [4.69, 9.17) is 0 Å².